The summed E-state index contributed by atoms with van der Waals surface area (Å²) >= 11 is 0. The van der Waals surface area contributed by atoms with Gasteiger partial charge >= 0.3 is 0 Å². The molecular formula is C14H15N3O3. The van der Waals surface area contributed by atoms with Gasteiger partial charge in [0.05, 0.1) is 13.2 Å². The molecule has 0 saturated carbocycles. The molecule has 1 amide bonds. The molecule has 1 aliphatic rings. The lowest BCUT2D eigenvalue weighted by Gasteiger charge is -2.38. The van der Waals surface area contributed by atoms with E-state index in [1.54, 1.807) is 24.3 Å². The van der Waals surface area contributed by atoms with E-state index in [1.165, 1.54) is 6.39 Å². The molecule has 1 saturated heterocycles. The number of carbonyl (C=O) groups excluding carboxylic acids is 1. The van der Waals surface area contributed by atoms with E-state index in [4.69, 9.17) is 9.15 Å². The van der Waals surface area contributed by atoms with Gasteiger partial charge in [0, 0.05) is 23.1 Å². The highest BCUT2D eigenvalue weighted by molar-refractivity contribution is 5.94. The third kappa shape index (κ3) is 2.55. The lowest BCUT2D eigenvalue weighted by atomic mass is 9.88. The number of nitrogens with zero attached hydrogens (tertiary/aromatic N) is 2. The second kappa shape index (κ2) is 5.05. The number of aromatic nitrogens is 2. The average Bonchev–Trinajstić information content (AvgIpc) is 2.97. The van der Waals surface area contributed by atoms with Crippen LogP contribution in [0.3, 0.4) is 0 Å². The van der Waals surface area contributed by atoms with Crippen molar-refractivity contribution < 1.29 is 13.9 Å². The Morgan fingerprint density at radius 3 is 2.65 bits per heavy atom. The first-order valence-corrected chi connectivity index (χ1v) is 6.39. The van der Waals surface area contributed by atoms with Crippen molar-refractivity contribution in [3.8, 4) is 11.5 Å². The third-order valence-electron chi connectivity index (χ3n) is 3.33. The van der Waals surface area contributed by atoms with E-state index in [9.17, 15) is 4.79 Å². The Bertz CT molecular complexity index is 589. The lowest BCUT2D eigenvalue weighted by molar-refractivity contribution is -0.0978. The minimum atomic E-state index is -0.0878. The molecule has 6 heteroatoms. The van der Waals surface area contributed by atoms with Gasteiger partial charge in [0.2, 0.25) is 12.3 Å². The molecule has 3 rings (SSSR count). The van der Waals surface area contributed by atoms with E-state index in [2.05, 4.69) is 22.4 Å². The summed E-state index contributed by atoms with van der Waals surface area (Å²) in [4.78, 5) is 12.0. The molecule has 1 aromatic heterocycles. The number of benzene rings is 1. The topological polar surface area (TPSA) is 77.3 Å². The normalized spacial score (nSPS) is 16.4. The zero-order valence-corrected chi connectivity index (χ0v) is 11.1. The quantitative estimate of drug-likeness (QED) is 0.913. The van der Waals surface area contributed by atoms with Crippen LogP contribution in [-0.4, -0.2) is 35.9 Å². The smallest absolute Gasteiger partial charge is 0.251 e. The van der Waals surface area contributed by atoms with Crippen molar-refractivity contribution in [2.24, 2.45) is 5.41 Å². The summed E-state index contributed by atoms with van der Waals surface area (Å²) in [6, 6.07) is 7.07. The van der Waals surface area contributed by atoms with Gasteiger partial charge in [-0.25, -0.2) is 0 Å². The monoisotopic (exact) mass is 273 g/mol. The Balaban J connectivity index is 1.63. The molecule has 0 bridgehead atoms. The number of rotatable bonds is 4. The van der Waals surface area contributed by atoms with Crippen molar-refractivity contribution in [1.82, 2.24) is 15.5 Å². The molecule has 0 atom stereocenters. The Morgan fingerprint density at radius 1 is 1.35 bits per heavy atom. The molecule has 1 N–H and O–H groups in total. The van der Waals surface area contributed by atoms with E-state index < -0.39 is 0 Å². The third-order valence-corrected chi connectivity index (χ3v) is 3.33. The van der Waals surface area contributed by atoms with Crippen LogP contribution in [0, 0.1) is 5.41 Å². The highest BCUT2D eigenvalue weighted by atomic mass is 16.5. The standard InChI is InChI=1S/C14H15N3O3/c1-14(7-19-8-14)6-15-12(18)10-2-4-11(5-3-10)13-17-16-9-20-13/h2-5,9H,6-8H2,1H3,(H,15,18). The van der Waals surface area contributed by atoms with Gasteiger partial charge in [0.1, 0.15) is 0 Å². The first kappa shape index (κ1) is 12.8. The Hall–Kier alpha value is -2.21. The van der Waals surface area contributed by atoms with Gasteiger partial charge in [-0.3, -0.25) is 4.79 Å². The van der Waals surface area contributed by atoms with Crippen molar-refractivity contribution in [2.45, 2.75) is 6.92 Å². The van der Waals surface area contributed by atoms with Crippen molar-refractivity contribution >= 4 is 5.91 Å². The summed E-state index contributed by atoms with van der Waals surface area (Å²) in [5, 5.41) is 10.4. The second-order valence-corrected chi connectivity index (χ2v) is 5.31. The van der Waals surface area contributed by atoms with E-state index in [1.807, 2.05) is 0 Å². The van der Waals surface area contributed by atoms with Crippen LogP contribution in [-0.2, 0) is 4.74 Å². The fourth-order valence-electron chi connectivity index (χ4n) is 2.01. The van der Waals surface area contributed by atoms with Gasteiger partial charge in [-0.1, -0.05) is 6.92 Å². The fourth-order valence-corrected chi connectivity index (χ4v) is 2.01. The molecule has 6 nitrogen and oxygen atoms in total. The molecule has 0 aliphatic carbocycles. The molecule has 0 spiro atoms. The van der Waals surface area contributed by atoms with Crippen LogP contribution in [0.5, 0.6) is 0 Å². The molecule has 20 heavy (non-hydrogen) atoms. The summed E-state index contributed by atoms with van der Waals surface area (Å²) in [6.45, 7) is 4.11. The summed E-state index contributed by atoms with van der Waals surface area (Å²) in [7, 11) is 0. The molecule has 0 radical (unpaired) electrons. The number of carbonyl (C=O) groups is 1. The van der Waals surface area contributed by atoms with E-state index in [-0.39, 0.29) is 11.3 Å². The largest absolute Gasteiger partial charge is 0.423 e. The van der Waals surface area contributed by atoms with Crippen LogP contribution in [0.4, 0.5) is 0 Å². The maximum Gasteiger partial charge on any atom is 0.251 e. The zero-order valence-electron chi connectivity index (χ0n) is 11.1. The van der Waals surface area contributed by atoms with Crippen molar-refractivity contribution in [2.75, 3.05) is 19.8 Å². The first-order chi connectivity index (χ1) is 9.66. The van der Waals surface area contributed by atoms with Crippen LogP contribution in [0.1, 0.15) is 17.3 Å². The molecule has 1 fully saturated rings. The van der Waals surface area contributed by atoms with E-state index >= 15 is 0 Å². The van der Waals surface area contributed by atoms with Crippen molar-refractivity contribution in [3.05, 3.63) is 36.2 Å². The van der Waals surface area contributed by atoms with Crippen LogP contribution >= 0.6 is 0 Å². The summed E-state index contributed by atoms with van der Waals surface area (Å²) in [5.41, 5.74) is 1.47. The number of ether oxygens (including phenoxy) is 1. The van der Waals surface area contributed by atoms with Gasteiger partial charge in [-0.15, -0.1) is 10.2 Å². The van der Waals surface area contributed by atoms with Gasteiger partial charge in [0.25, 0.3) is 5.91 Å². The predicted octanol–water partition coefficient (Wildman–Crippen LogP) is 1.50. The number of hydrogen-bond acceptors (Lipinski definition) is 5. The predicted molar refractivity (Wildman–Crippen MR) is 71.0 cm³/mol. The van der Waals surface area contributed by atoms with Crippen LogP contribution in [0.15, 0.2) is 35.1 Å². The Kier molecular flexibility index (Phi) is 3.23. The number of hydrogen-bond donors (Lipinski definition) is 1. The molecule has 0 unspecified atom stereocenters. The first-order valence-electron chi connectivity index (χ1n) is 6.39. The summed E-state index contributed by atoms with van der Waals surface area (Å²) in [6.07, 6.45) is 1.28. The highest BCUT2D eigenvalue weighted by Crippen LogP contribution is 2.25. The van der Waals surface area contributed by atoms with Crippen LogP contribution < -0.4 is 5.32 Å². The highest BCUT2D eigenvalue weighted by Gasteiger charge is 2.33. The minimum absolute atomic E-state index is 0.0688. The van der Waals surface area contributed by atoms with E-state index in [0.717, 1.165) is 5.56 Å². The van der Waals surface area contributed by atoms with Crippen LogP contribution in [0.2, 0.25) is 0 Å². The lowest BCUT2D eigenvalue weighted by Crippen LogP contribution is -2.48. The maximum atomic E-state index is 12.0. The SMILES string of the molecule is CC1(CNC(=O)c2ccc(-c3nnco3)cc2)COC1. The number of amides is 1. The number of nitrogens with one attached hydrogen (secondary N) is 1. The van der Waals surface area contributed by atoms with Crippen molar-refractivity contribution in [1.29, 1.82) is 0 Å². The Labute approximate surface area is 116 Å². The Morgan fingerprint density at radius 2 is 2.10 bits per heavy atom. The second-order valence-electron chi connectivity index (χ2n) is 5.31. The van der Waals surface area contributed by atoms with Crippen molar-refractivity contribution in [3.63, 3.8) is 0 Å². The molecule has 1 aliphatic heterocycles. The fraction of sp³-hybridized carbons (Fsp3) is 0.357. The van der Waals surface area contributed by atoms with E-state index in [0.29, 0.717) is 31.2 Å². The molecule has 1 aromatic carbocycles. The molecule has 104 valence electrons. The summed E-state index contributed by atoms with van der Waals surface area (Å²) in [5.74, 6) is 0.353. The minimum Gasteiger partial charge on any atom is -0.423 e. The summed E-state index contributed by atoms with van der Waals surface area (Å²) < 4.78 is 10.3. The zero-order chi connectivity index (χ0) is 14.0. The van der Waals surface area contributed by atoms with Gasteiger partial charge in [-0.05, 0) is 24.3 Å². The molecule has 2 heterocycles. The average molecular weight is 273 g/mol. The van der Waals surface area contributed by atoms with Gasteiger partial charge in [-0.2, -0.15) is 0 Å². The molecule has 2 aromatic rings. The molecular weight excluding hydrogens is 258 g/mol. The van der Waals surface area contributed by atoms with Crippen LogP contribution in [0.25, 0.3) is 11.5 Å². The maximum absolute atomic E-state index is 12.0. The van der Waals surface area contributed by atoms with Gasteiger partial charge < -0.3 is 14.5 Å². The van der Waals surface area contributed by atoms with Gasteiger partial charge in [0.15, 0.2) is 0 Å².